The van der Waals surface area contributed by atoms with Crippen molar-refractivity contribution in [1.82, 2.24) is 9.88 Å². The number of aryl methyl sites for hydroxylation is 1. The van der Waals surface area contributed by atoms with E-state index >= 15 is 0 Å². The van der Waals surface area contributed by atoms with E-state index in [0.717, 1.165) is 32.5 Å². The monoisotopic (exact) mass is 252 g/mol. The lowest BCUT2D eigenvalue weighted by Gasteiger charge is -2.15. The number of ether oxygens (including phenoxy) is 1. The number of methoxy groups -OCH3 is 1. The summed E-state index contributed by atoms with van der Waals surface area (Å²) in [4.78, 5) is 0. The largest absolute Gasteiger partial charge is 0.385 e. The predicted octanol–water partition coefficient (Wildman–Crippen LogP) is 3.37. The van der Waals surface area contributed by atoms with Crippen LogP contribution >= 0.6 is 0 Å². The maximum Gasteiger partial charge on any atom is 0.0462 e. The van der Waals surface area contributed by atoms with E-state index in [1.165, 1.54) is 18.4 Å². The zero-order chi connectivity index (χ0) is 13.2. The normalized spacial score (nSPS) is 12.8. The average molecular weight is 252 g/mol. The minimum absolute atomic E-state index is 0.505. The van der Waals surface area contributed by atoms with Crippen molar-refractivity contribution in [3.63, 3.8) is 0 Å². The molecule has 0 spiro atoms. The molecule has 0 bridgehead atoms. The molecule has 3 heteroatoms. The second kappa shape index (κ2) is 9.17. The molecule has 1 unspecified atom stereocenters. The summed E-state index contributed by atoms with van der Waals surface area (Å²) in [5.74, 6) is 0. The fourth-order valence-electron chi connectivity index (χ4n) is 2.16. The third-order valence-electron chi connectivity index (χ3n) is 3.24. The number of aromatic nitrogens is 1. The SMILES string of the molecule is CCCNC(CC)c1ccn(CCCCOC)c1. The van der Waals surface area contributed by atoms with Gasteiger partial charge in [-0.1, -0.05) is 13.8 Å². The molecular formula is C15H28N2O. The molecule has 0 aliphatic heterocycles. The molecule has 0 fully saturated rings. The molecule has 1 aromatic heterocycles. The Bertz CT molecular complexity index is 309. The maximum absolute atomic E-state index is 5.07. The number of rotatable bonds is 10. The van der Waals surface area contributed by atoms with Gasteiger partial charge in [0.2, 0.25) is 0 Å². The van der Waals surface area contributed by atoms with Crippen molar-refractivity contribution in [1.29, 1.82) is 0 Å². The summed E-state index contributed by atoms with van der Waals surface area (Å²) in [6.07, 6.45) is 9.13. The average Bonchev–Trinajstić information content (AvgIpc) is 2.84. The Kier molecular flexibility index (Phi) is 7.78. The molecule has 104 valence electrons. The molecule has 0 aromatic carbocycles. The van der Waals surface area contributed by atoms with Gasteiger partial charge in [0.15, 0.2) is 0 Å². The van der Waals surface area contributed by atoms with E-state index in [1.807, 2.05) is 0 Å². The number of nitrogens with one attached hydrogen (secondary N) is 1. The molecule has 0 aliphatic rings. The van der Waals surface area contributed by atoms with E-state index in [9.17, 15) is 0 Å². The zero-order valence-electron chi connectivity index (χ0n) is 12.1. The van der Waals surface area contributed by atoms with Gasteiger partial charge in [0.05, 0.1) is 0 Å². The molecule has 1 N–H and O–H groups in total. The molecule has 1 aromatic rings. The summed E-state index contributed by atoms with van der Waals surface area (Å²) >= 11 is 0. The van der Waals surface area contributed by atoms with Crippen molar-refractivity contribution in [2.45, 2.75) is 52.1 Å². The van der Waals surface area contributed by atoms with Crippen molar-refractivity contribution < 1.29 is 4.74 Å². The first-order valence-electron chi connectivity index (χ1n) is 7.19. The molecular weight excluding hydrogens is 224 g/mol. The maximum atomic E-state index is 5.07. The van der Waals surface area contributed by atoms with Gasteiger partial charge in [0, 0.05) is 38.7 Å². The third kappa shape index (κ3) is 5.23. The molecule has 0 amide bonds. The van der Waals surface area contributed by atoms with Crippen LogP contribution in [0.25, 0.3) is 0 Å². The lowest BCUT2D eigenvalue weighted by Crippen LogP contribution is -2.21. The predicted molar refractivity (Wildman–Crippen MR) is 76.9 cm³/mol. The van der Waals surface area contributed by atoms with Crippen LogP contribution in [-0.2, 0) is 11.3 Å². The van der Waals surface area contributed by atoms with Gasteiger partial charge in [-0.25, -0.2) is 0 Å². The van der Waals surface area contributed by atoms with Crippen LogP contribution in [0.15, 0.2) is 18.5 Å². The number of unbranched alkanes of at least 4 members (excludes halogenated alkanes) is 1. The Morgan fingerprint density at radius 1 is 1.33 bits per heavy atom. The van der Waals surface area contributed by atoms with E-state index in [4.69, 9.17) is 4.74 Å². The summed E-state index contributed by atoms with van der Waals surface area (Å²) in [5, 5.41) is 3.59. The van der Waals surface area contributed by atoms with Gasteiger partial charge in [-0.15, -0.1) is 0 Å². The fraction of sp³-hybridized carbons (Fsp3) is 0.733. The second-order valence-corrected chi connectivity index (χ2v) is 4.80. The van der Waals surface area contributed by atoms with Crippen molar-refractivity contribution in [2.75, 3.05) is 20.3 Å². The first kappa shape index (κ1) is 15.3. The van der Waals surface area contributed by atoms with Crippen LogP contribution in [0.5, 0.6) is 0 Å². The number of hydrogen-bond acceptors (Lipinski definition) is 2. The van der Waals surface area contributed by atoms with E-state index < -0.39 is 0 Å². The topological polar surface area (TPSA) is 26.2 Å². The fourth-order valence-corrected chi connectivity index (χ4v) is 2.16. The van der Waals surface area contributed by atoms with E-state index in [2.05, 4.69) is 42.2 Å². The van der Waals surface area contributed by atoms with Gasteiger partial charge in [0.25, 0.3) is 0 Å². The van der Waals surface area contributed by atoms with Crippen LogP contribution in [0.4, 0.5) is 0 Å². The highest BCUT2D eigenvalue weighted by atomic mass is 16.5. The molecule has 0 aliphatic carbocycles. The molecule has 0 radical (unpaired) electrons. The highest BCUT2D eigenvalue weighted by Gasteiger charge is 2.09. The minimum Gasteiger partial charge on any atom is -0.385 e. The molecule has 1 atom stereocenters. The highest BCUT2D eigenvalue weighted by molar-refractivity contribution is 5.15. The van der Waals surface area contributed by atoms with Gasteiger partial charge in [0.1, 0.15) is 0 Å². The molecule has 1 heterocycles. The molecule has 3 nitrogen and oxygen atoms in total. The Labute approximate surface area is 112 Å². The van der Waals surface area contributed by atoms with Gasteiger partial charge < -0.3 is 14.6 Å². The quantitative estimate of drug-likeness (QED) is 0.646. The van der Waals surface area contributed by atoms with Crippen LogP contribution in [-0.4, -0.2) is 24.8 Å². The van der Waals surface area contributed by atoms with Gasteiger partial charge in [-0.3, -0.25) is 0 Å². The number of hydrogen-bond donors (Lipinski definition) is 1. The van der Waals surface area contributed by atoms with Crippen molar-refractivity contribution in [3.05, 3.63) is 24.0 Å². The molecule has 0 saturated heterocycles. The first-order valence-corrected chi connectivity index (χ1v) is 7.19. The standard InChI is InChI=1S/C15H28N2O/c1-4-9-16-15(5-2)14-8-11-17(13-14)10-6-7-12-18-3/h8,11,13,15-16H,4-7,9-10,12H2,1-3H3. The second-order valence-electron chi connectivity index (χ2n) is 4.80. The lowest BCUT2D eigenvalue weighted by atomic mass is 10.1. The van der Waals surface area contributed by atoms with E-state index in [0.29, 0.717) is 6.04 Å². The van der Waals surface area contributed by atoms with Crippen LogP contribution in [0.1, 0.15) is 51.1 Å². The zero-order valence-corrected chi connectivity index (χ0v) is 12.1. The summed E-state index contributed by atoms with van der Waals surface area (Å²) in [5.41, 5.74) is 1.41. The Morgan fingerprint density at radius 3 is 2.83 bits per heavy atom. The van der Waals surface area contributed by atoms with Crippen molar-refractivity contribution in [3.8, 4) is 0 Å². The van der Waals surface area contributed by atoms with Crippen LogP contribution in [0, 0.1) is 0 Å². The first-order chi connectivity index (χ1) is 8.81. The van der Waals surface area contributed by atoms with Crippen LogP contribution in [0.2, 0.25) is 0 Å². The minimum atomic E-state index is 0.505. The highest BCUT2D eigenvalue weighted by Crippen LogP contribution is 2.17. The smallest absolute Gasteiger partial charge is 0.0462 e. The van der Waals surface area contributed by atoms with E-state index in [1.54, 1.807) is 7.11 Å². The lowest BCUT2D eigenvalue weighted by molar-refractivity contribution is 0.191. The summed E-state index contributed by atoms with van der Waals surface area (Å²) in [7, 11) is 1.76. The number of nitrogens with zero attached hydrogens (tertiary/aromatic N) is 1. The van der Waals surface area contributed by atoms with Gasteiger partial charge in [-0.05, 0) is 43.9 Å². The molecule has 0 saturated carbocycles. The van der Waals surface area contributed by atoms with Gasteiger partial charge >= 0.3 is 0 Å². The van der Waals surface area contributed by atoms with Crippen molar-refractivity contribution in [2.24, 2.45) is 0 Å². The molecule has 18 heavy (non-hydrogen) atoms. The van der Waals surface area contributed by atoms with Crippen LogP contribution in [0.3, 0.4) is 0 Å². The van der Waals surface area contributed by atoms with Crippen LogP contribution < -0.4 is 5.32 Å². The summed E-state index contributed by atoms with van der Waals surface area (Å²) in [6, 6.07) is 2.75. The van der Waals surface area contributed by atoms with Gasteiger partial charge in [-0.2, -0.15) is 0 Å². The van der Waals surface area contributed by atoms with E-state index in [-0.39, 0.29) is 0 Å². The Morgan fingerprint density at radius 2 is 2.17 bits per heavy atom. The summed E-state index contributed by atoms with van der Waals surface area (Å²) in [6.45, 7) is 7.50. The molecule has 1 rings (SSSR count). The third-order valence-corrected chi connectivity index (χ3v) is 3.24. The van der Waals surface area contributed by atoms with Crippen molar-refractivity contribution >= 4 is 0 Å². The Hall–Kier alpha value is -0.800. The summed E-state index contributed by atoms with van der Waals surface area (Å²) < 4.78 is 7.36. The Balaban J connectivity index is 2.40.